The predicted octanol–water partition coefficient (Wildman–Crippen LogP) is 5.46. The average molecular weight is 359 g/mol. The fourth-order valence-electron chi connectivity index (χ4n) is 2.24. The molecule has 122 valence electrons. The molecule has 0 spiro atoms. The quantitative estimate of drug-likeness (QED) is 0.584. The SMILES string of the molecule is Cc1cc(C)c(C=C(C#N)C(=O)Nc2c(Cl)cccc2Cl)cc1C. The van der Waals surface area contributed by atoms with Crippen molar-refractivity contribution in [1.82, 2.24) is 0 Å². The second-order valence-electron chi connectivity index (χ2n) is 5.51. The Kier molecular flexibility index (Phi) is 5.66. The van der Waals surface area contributed by atoms with E-state index in [1.807, 2.05) is 39.0 Å². The number of carbonyl (C=O) groups is 1. The third-order valence-electron chi connectivity index (χ3n) is 3.75. The van der Waals surface area contributed by atoms with Gasteiger partial charge in [-0.25, -0.2) is 0 Å². The van der Waals surface area contributed by atoms with Gasteiger partial charge in [-0.3, -0.25) is 4.79 Å². The molecule has 2 aromatic carbocycles. The number of nitrogens with zero attached hydrogens (tertiary/aromatic N) is 1. The highest BCUT2D eigenvalue weighted by Crippen LogP contribution is 2.30. The van der Waals surface area contributed by atoms with E-state index in [1.54, 1.807) is 24.3 Å². The van der Waals surface area contributed by atoms with Gasteiger partial charge in [-0.2, -0.15) is 5.26 Å². The van der Waals surface area contributed by atoms with Gasteiger partial charge in [0.1, 0.15) is 11.6 Å². The van der Waals surface area contributed by atoms with Gasteiger partial charge in [0.2, 0.25) is 0 Å². The fourth-order valence-corrected chi connectivity index (χ4v) is 2.73. The Labute approximate surface area is 151 Å². The number of rotatable bonds is 3. The highest BCUT2D eigenvalue weighted by atomic mass is 35.5. The Morgan fingerprint density at radius 2 is 1.67 bits per heavy atom. The van der Waals surface area contributed by atoms with E-state index in [4.69, 9.17) is 23.2 Å². The van der Waals surface area contributed by atoms with Gasteiger partial charge in [-0.05, 0) is 61.2 Å². The van der Waals surface area contributed by atoms with Crippen molar-refractivity contribution in [2.45, 2.75) is 20.8 Å². The number of benzene rings is 2. The number of amides is 1. The Balaban J connectivity index is 2.37. The number of aryl methyl sites for hydroxylation is 3. The molecule has 0 fully saturated rings. The number of para-hydroxylation sites is 1. The molecule has 1 amide bonds. The standard InChI is InChI=1S/C19H16Cl2N2O/c1-11-7-13(3)14(8-12(11)2)9-15(10-22)19(24)23-18-16(20)5-4-6-17(18)21/h4-9H,1-3H3,(H,23,24). The summed E-state index contributed by atoms with van der Waals surface area (Å²) in [5.74, 6) is -0.551. The zero-order valence-electron chi connectivity index (χ0n) is 13.6. The van der Waals surface area contributed by atoms with E-state index >= 15 is 0 Å². The van der Waals surface area contributed by atoms with Crippen LogP contribution >= 0.6 is 23.2 Å². The monoisotopic (exact) mass is 358 g/mol. The molecule has 0 unspecified atom stereocenters. The zero-order chi connectivity index (χ0) is 17.9. The van der Waals surface area contributed by atoms with Crippen LogP contribution in [0.2, 0.25) is 10.0 Å². The first-order valence-electron chi connectivity index (χ1n) is 7.28. The number of anilines is 1. The van der Waals surface area contributed by atoms with Crippen LogP contribution < -0.4 is 5.32 Å². The Hall–Kier alpha value is -2.28. The van der Waals surface area contributed by atoms with Crippen LogP contribution in [0.3, 0.4) is 0 Å². The van der Waals surface area contributed by atoms with E-state index < -0.39 is 5.91 Å². The van der Waals surface area contributed by atoms with Crippen LogP contribution in [0.15, 0.2) is 35.9 Å². The van der Waals surface area contributed by atoms with Crippen LogP contribution in [-0.2, 0) is 4.79 Å². The summed E-state index contributed by atoms with van der Waals surface area (Å²) < 4.78 is 0. The molecule has 5 heteroatoms. The van der Waals surface area contributed by atoms with E-state index in [1.165, 1.54) is 0 Å². The first-order chi connectivity index (χ1) is 11.3. The molecule has 0 atom stereocenters. The molecule has 2 aromatic rings. The van der Waals surface area contributed by atoms with Crippen LogP contribution in [0.5, 0.6) is 0 Å². The molecular formula is C19H16Cl2N2O. The molecule has 3 nitrogen and oxygen atoms in total. The highest BCUT2D eigenvalue weighted by molar-refractivity contribution is 6.40. The van der Waals surface area contributed by atoms with Crippen LogP contribution in [0, 0.1) is 32.1 Å². The van der Waals surface area contributed by atoms with Gasteiger partial charge in [-0.15, -0.1) is 0 Å². The summed E-state index contributed by atoms with van der Waals surface area (Å²) in [6.45, 7) is 5.95. The number of carbonyl (C=O) groups excluding carboxylic acids is 1. The van der Waals surface area contributed by atoms with Crippen molar-refractivity contribution in [1.29, 1.82) is 5.26 Å². The molecule has 24 heavy (non-hydrogen) atoms. The topological polar surface area (TPSA) is 52.9 Å². The molecule has 0 aliphatic rings. The van der Waals surface area contributed by atoms with E-state index in [2.05, 4.69) is 5.32 Å². The van der Waals surface area contributed by atoms with Gasteiger partial charge >= 0.3 is 0 Å². The maximum Gasteiger partial charge on any atom is 0.266 e. The molecule has 0 aliphatic carbocycles. The van der Waals surface area contributed by atoms with Crippen molar-refractivity contribution in [3.63, 3.8) is 0 Å². The van der Waals surface area contributed by atoms with Crippen molar-refractivity contribution < 1.29 is 4.79 Å². The molecule has 0 heterocycles. The Bertz CT molecular complexity index is 859. The summed E-state index contributed by atoms with van der Waals surface area (Å²) in [6.07, 6.45) is 1.57. The zero-order valence-corrected chi connectivity index (χ0v) is 15.1. The van der Waals surface area contributed by atoms with Crippen molar-refractivity contribution >= 4 is 40.9 Å². The van der Waals surface area contributed by atoms with Crippen LogP contribution in [0.1, 0.15) is 22.3 Å². The molecular weight excluding hydrogens is 343 g/mol. The maximum atomic E-state index is 12.4. The first-order valence-corrected chi connectivity index (χ1v) is 8.04. The number of nitriles is 1. The summed E-state index contributed by atoms with van der Waals surface area (Å²) in [5.41, 5.74) is 4.36. The van der Waals surface area contributed by atoms with Crippen molar-refractivity contribution in [3.05, 3.63) is 68.2 Å². The largest absolute Gasteiger partial charge is 0.319 e. The molecule has 0 saturated heterocycles. The van der Waals surface area contributed by atoms with Crippen LogP contribution in [0.4, 0.5) is 5.69 Å². The maximum absolute atomic E-state index is 12.4. The van der Waals surface area contributed by atoms with Crippen molar-refractivity contribution in [2.75, 3.05) is 5.32 Å². The lowest BCUT2D eigenvalue weighted by Crippen LogP contribution is -2.14. The van der Waals surface area contributed by atoms with Gasteiger partial charge in [0.05, 0.1) is 15.7 Å². The summed E-state index contributed by atoms with van der Waals surface area (Å²) in [6, 6.07) is 10.8. The van der Waals surface area contributed by atoms with E-state index in [9.17, 15) is 10.1 Å². The third kappa shape index (κ3) is 3.97. The normalized spacial score (nSPS) is 11.1. The lowest BCUT2D eigenvalue weighted by atomic mass is 9.99. The molecule has 0 aliphatic heterocycles. The Morgan fingerprint density at radius 3 is 2.25 bits per heavy atom. The van der Waals surface area contributed by atoms with Crippen molar-refractivity contribution in [3.8, 4) is 6.07 Å². The van der Waals surface area contributed by atoms with Gasteiger partial charge in [-0.1, -0.05) is 41.4 Å². The lowest BCUT2D eigenvalue weighted by Gasteiger charge is -2.10. The van der Waals surface area contributed by atoms with E-state index in [-0.39, 0.29) is 5.57 Å². The van der Waals surface area contributed by atoms with Crippen LogP contribution in [0.25, 0.3) is 6.08 Å². The predicted molar refractivity (Wildman–Crippen MR) is 99.3 cm³/mol. The minimum Gasteiger partial charge on any atom is -0.319 e. The van der Waals surface area contributed by atoms with Gasteiger partial charge in [0.25, 0.3) is 5.91 Å². The number of hydrogen-bond donors (Lipinski definition) is 1. The number of nitrogens with one attached hydrogen (secondary N) is 1. The molecule has 0 aromatic heterocycles. The summed E-state index contributed by atoms with van der Waals surface area (Å²) in [5, 5.41) is 12.6. The number of hydrogen-bond acceptors (Lipinski definition) is 2. The second kappa shape index (κ2) is 7.53. The molecule has 2 rings (SSSR count). The first kappa shape index (κ1) is 18.1. The minimum absolute atomic E-state index is 0.0164. The molecule has 0 bridgehead atoms. The second-order valence-corrected chi connectivity index (χ2v) is 6.33. The lowest BCUT2D eigenvalue weighted by molar-refractivity contribution is -0.112. The summed E-state index contributed by atoms with van der Waals surface area (Å²) in [7, 11) is 0. The smallest absolute Gasteiger partial charge is 0.266 e. The van der Waals surface area contributed by atoms with Crippen LogP contribution in [-0.4, -0.2) is 5.91 Å². The third-order valence-corrected chi connectivity index (χ3v) is 4.38. The average Bonchev–Trinajstić information content (AvgIpc) is 2.53. The Morgan fingerprint density at radius 1 is 1.08 bits per heavy atom. The number of halogens is 2. The molecule has 1 N–H and O–H groups in total. The summed E-state index contributed by atoms with van der Waals surface area (Å²) >= 11 is 12.1. The van der Waals surface area contributed by atoms with Gasteiger partial charge in [0, 0.05) is 0 Å². The van der Waals surface area contributed by atoms with E-state index in [0.29, 0.717) is 15.7 Å². The highest BCUT2D eigenvalue weighted by Gasteiger charge is 2.14. The van der Waals surface area contributed by atoms with Crippen molar-refractivity contribution in [2.24, 2.45) is 0 Å². The van der Waals surface area contributed by atoms with Gasteiger partial charge in [0.15, 0.2) is 0 Å². The fraction of sp³-hybridized carbons (Fsp3) is 0.158. The minimum atomic E-state index is -0.551. The molecule has 0 radical (unpaired) electrons. The van der Waals surface area contributed by atoms with E-state index in [0.717, 1.165) is 22.3 Å². The molecule has 0 saturated carbocycles. The summed E-state index contributed by atoms with van der Waals surface area (Å²) in [4.78, 5) is 12.4. The van der Waals surface area contributed by atoms with Gasteiger partial charge < -0.3 is 5.32 Å².